The van der Waals surface area contributed by atoms with Crippen LogP contribution in [-0.2, 0) is 22.6 Å². The van der Waals surface area contributed by atoms with Crippen molar-refractivity contribution in [2.24, 2.45) is 0 Å². The number of benzene rings is 1. The van der Waals surface area contributed by atoms with Gasteiger partial charge in [0.1, 0.15) is 12.3 Å². The number of nitrogens with one attached hydrogen (secondary N) is 1. The number of hydrogen-bond acceptors (Lipinski definition) is 6. The van der Waals surface area contributed by atoms with Crippen molar-refractivity contribution >= 4 is 22.4 Å². The van der Waals surface area contributed by atoms with Crippen LogP contribution in [0.3, 0.4) is 0 Å². The second-order valence-corrected chi connectivity index (χ2v) is 6.40. The highest BCUT2D eigenvalue weighted by Gasteiger charge is 2.12. The van der Waals surface area contributed by atoms with E-state index in [4.69, 9.17) is 4.74 Å². The molecule has 0 aliphatic heterocycles. The summed E-state index contributed by atoms with van der Waals surface area (Å²) in [7, 11) is 0. The number of aryl methyl sites for hydroxylation is 1. The highest BCUT2D eigenvalue weighted by molar-refractivity contribution is 5.86. The molecule has 0 radical (unpaired) electrons. The predicted molar refractivity (Wildman–Crippen MR) is 102 cm³/mol. The fourth-order valence-electron chi connectivity index (χ4n) is 2.98. The van der Waals surface area contributed by atoms with E-state index < -0.39 is 5.97 Å². The summed E-state index contributed by atoms with van der Waals surface area (Å²) in [5, 5.41) is 7.40. The number of H-pyrrole nitrogens is 1. The molecule has 0 bridgehead atoms. The summed E-state index contributed by atoms with van der Waals surface area (Å²) in [5.41, 5.74) is 1.65. The van der Waals surface area contributed by atoms with Gasteiger partial charge in [-0.3, -0.25) is 18.8 Å². The van der Waals surface area contributed by atoms with Gasteiger partial charge < -0.3 is 4.74 Å². The quantitative estimate of drug-likeness (QED) is 0.541. The van der Waals surface area contributed by atoms with Crippen LogP contribution in [0.25, 0.3) is 16.4 Å². The van der Waals surface area contributed by atoms with Crippen molar-refractivity contribution < 1.29 is 9.53 Å². The molecule has 1 N–H and O–H groups in total. The van der Waals surface area contributed by atoms with Crippen molar-refractivity contribution in [1.82, 2.24) is 19.6 Å². The second-order valence-electron chi connectivity index (χ2n) is 6.40. The maximum absolute atomic E-state index is 12.2. The van der Waals surface area contributed by atoms with Crippen LogP contribution in [-0.4, -0.2) is 25.6 Å². The summed E-state index contributed by atoms with van der Waals surface area (Å²) in [5.74, 6) is -0.532. The molecule has 0 atom stereocenters. The third kappa shape index (κ3) is 3.39. The number of fused-ring (bicyclic) bond motifs is 2. The molecule has 0 saturated heterocycles. The number of ether oxygens (including phenoxy) is 1. The standard InChI is InChI=1S/C20H16N4O4/c1-12-6-7-17-21-13(8-18(25)24(17)10-12)11-28-19(26)9-16-14-4-2-3-5-15(14)20(27)23-22-16/h2-8,10H,9,11H2,1H3,(H,23,27). The van der Waals surface area contributed by atoms with Crippen molar-refractivity contribution in [2.75, 3.05) is 0 Å². The molecular weight excluding hydrogens is 360 g/mol. The number of carbonyl (C=O) groups excluding carboxylic acids is 1. The number of aromatic amines is 1. The number of pyridine rings is 1. The summed E-state index contributed by atoms with van der Waals surface area (Å²) in [6.45, 7) is 1.76. The molecule has 4 rings (SSSR count). The molecule has 0 aliphatic carbocycles. The largest absolute Gasteiger partial charge is 0.459 e. The number of carbonyl (C=O) groups is 1. The zero-order valence-corrected chi connectivity index (χ0v) is 15.0. The maximum Gasteiger partial charge on any atom is 0.312 e. The third-order valence-corrected chi connectivity index (χ3v) is 4.33. The smallest absolute Gasteiger partial charge is 0.312 e. The minimum atomic E-state index is -0.532. The molecule has 3 heterocycles. The predicted octanol–water partition coefficient (Wildman–Crippen LogP) is 1.53. The van der Waals surface area contributed by atoms with Gasteiger partial charge in [-0.25, -0.2) is 10.1 Å². The molecule has 28 heavy (non-hydrogen) atoms. The van der Waals surface area contributed by atoms with Crippen LogP contribution in [0.2, 0.25) is 0 Å². The first-order valence-electron chi connectivity index (χ1n) is 8.62. The molecule has 0 spiro atoms. The van der Waals surface area contributed by atoms with Gasteiger partial charge in [0.25, 0.3) is 11.1 Å². The Kier molecular flexibility index (Phi) is 4.44. The van der Waals surface area contributed by atoms with E-state index >= 15 is 0 Å². The van der Waals surface area contributed by atoms with Gasteiger partial charge in [-0.1, -0.05) is 24.3 Å². The molecule has 3 aromatic heterocycles. The van der Waals surface area contributed by atoms with E-state index in [-0.39, 0.29) is 24.1 Å². The number of rotatable bonds is 4. The summed E-state index contributed by atoms with van der Waals surface area (Å²) >= 11 is 0. The Hall–Kier alpha value is -3.81. The van der Waals surface area contributed by atoms with E-state index in [0.717, 1.165) is 5.56 Å². The summed E-state index contributed by atoms with van der Waals surface area (Å²) in [6.07, 6.45) is 1.59. The van der Waals surface area contributed by atoms with E-state index in [1.165, 1.54) is 10.5 Å². The van der Waals surface area contributed by atoms with E-state index in [0.29, 0.717) is 27.8 Å². The lowest BCUT2D eigenvalue weighted by Crippen LogP contribution is -2.18. The first kappa shape index (κ1) is 17.6. The zero-order valence-electron chi connectivity index (χ0n) is 15.0. The van der Waals surface area contributed by atoms with Crippen molar-refractivity contribution in [3.8, 4) is 0 Å². The molecule has 0 unspecified atom stereocenters. The fourth-order valence-corrected chi connectivity index (χ4v) is 2.98. The van der Waals surface area contributed by atoms with Crippen LogP contribution < -0.4 is 11.1 Å². The average molecular weight is 376 g/mol. The first-order valence-corrected chi connectivity index (χ1v) is 8.62. The Bertz CT molecular complexity index is 1320. The van der Waals surface area contributed by atoms with Crippen LogP contribution in [0.5, 0.6) is 0 Å². The van der Waals surface area contributed by atoms with Crippen LogP contribution in [0.1, 0.15) is 17.0 Å². The Morgan fingerprint density at radius 1 is 1.14 bits per heavy atom. The normalized spacial score (nSPS) is 11.0. The number of nitrogens with zero attached hydrogens (tertiary/aromatic N) is 3. The number of hydrogen-bond donors (Lipinski definition) is 1. The van der Waals surface area contributed by atoms with Gasteiger partial charge in [0.15, 0.2) is 0 Å². The minimum Gasteiger partial charge on any atom is -0.459 e. The van der Waals surface area contributed by atoms with E-state index in [2.05, 4.69) is 15.2 Å². The minimum absolute atomic E-state index is 0.108. The molecule has 8 heteroatoms. The van der Waals surface area contributed by atoms with Crippen molar-refractivity contribution in [3.05, 3.63) is 86.3 Å². The van der Waals surface area contributed by atoms with Gasteiger partial charge in [0.2, 0.25) is 0 Å². The highest BCUT2D eigenvalue weighted by atomic mass is 16.5. The number of esters is 1. The van der Waals surface area contributed by atoms with E-state index in [1.807, 2.05) is 13.0 Å². The van der Waals surface area contributed by atoms with Gasteiger partial charge in [-0.15, -0.1) is 0 Å². The van der Waals surface area contributed by atoms with Crippen LogP contribution in [0.15, 0.2) is 58.3 Å². The summed E-state index contributed by atoms with van der Waals surface area (Å²) in [4.78, 5) is 40.6. The van der Waals surface area contributed by atoms with Gasteiger partial charge in [0, 0.05) is 17.6 Å². The second kappa shape index (κ2) is 7.07. The molecule has 4 aromatic rings. The Morgan fingerprint density at radius 3 is 2.75 bits per heavy atom. The van der Waals surface area contributed by atoms with Gasteiger partial charge >= 0.3 is 5.97 Å². The molecule has 0 amide bonds. The molecule has 8 nitrogen and oxygen atoms in total. The number of aromatic nitrogens is 4. The molecule has 0 aliphatic rings. The molecule has 0 saturated carbocycles. The van der Waals surface area contributed by atoms with Crippen molar-refractivity contribution in [3.63, 3.8) is 0 Å². The van der Waals surface area contributed by atoms with Crippen molar-refractivity contribution in [1.29, 1.82) is 0 Å². The van der Waals surface area contributed by atoms with Crippen LogP contribution in [0.4, 0.5) is 0 Å². The lowest BCUT2D eigenvalue weighted by Gasteiger charge is -2.07. The van der Waals surface area contributed by atoms with Crippen molar-refractivity contribution in [2.45, 2.75) is 20.0 Å². The summed E-state index contributed by atoms with van der Waals surface area (Å²) in [6, 6.07) is 11.8. The van der Waals surface area contributed by atoms with Gasteiger partial charge in [-0.2, -0.15) is 5.10 Å². The molecule has 0 fully saturated rings. The monoisotopic (exact) mass is 376 g/mol. The SMILES string of the molecule is Cc1ccc2nc(COC(=O)Cc3n[nH]c(=O)c4ccccc34)cc(=O)n2c1. The lowest BCUT2D eigenvalue weighted by molar-refractivity contribution is -0.144. The molecule has 1 aromatic carbocycles. The summed E-state index contributed by atoms with van der Waals surface area (Å²) < 4.78 is 6.70. The molecule has 140 valence electrons. The van der Waals surface area contributed by atoms with Gasteiger partial charge in [0.05, 0.1) is 23.2 Å². The van der Waals surface area contributed by atoms with Crippen LogP contribution in [0, 0.1) is 6.92 Å². The molecular formula is C20H16N4O4. The fraction of sp³-hybridized carbons (Fsp3) is 0.150. The first-order chi connectivity index (χ1) is 13.5. The topological polar surface area (TPSA) is 106 Å². The average Bonchev–Trinajstić information content (AvgIpc) is 2.69. The third-order valence-electron chi connectivity index (χ3n) is 4.33. The zero-order chi connectivity index (χ0) is 19.7. The maximum atomic E-state index is 12.2. The Morgan fingerprint density at radius 2 is 1.93 bits per heavy atom. The lowest BCUT2D eigenvalue weighted by atomic mass is 10.1. The van der Waals surface area contributed by atoms with E-state index in [1.54, 1.807) is 36.5 Å². The highest BCUT2D eigenvalue weighted by Crippen LogP contribution is 2.13. The Labute approximate surface area is 158 Å². The Balaban J connectivity index is 1.52. The van der Waals surface area contributed by atoms with Crippen LogP contribution >= 0.6 is 0 Å². The van der Waals surface area contributed by atoms with E-state index in [9.17, 15) is 14.4 Å². The van der Waals surface area contributed by atoms with Gasteiger partial charge in [-0.05, 0) is 24.6 Å².